The van der Waals surface area contributed by atoms with Gasteiger partial charge in [-0.05, 0) is 43.5 Å². The first-order chi connectivity index (χ1) is 10.2. The van der Waals surface area contributed by atoms with E-state index in [9.17, 15) is 0 Å². The van der Waals surface area contributed by atoms with E-state index in [1.165, 1.54) is 43.4 Å². The zero-order valence-corrected chi connectivity index (χ0v) is 13.1. The van der Waals surface area contributed by atoms with Crippen molar-refractivity contribution < 1.29 is 0 Å². The van der Waals surface area contributed by atoms with Crippen molar-refractivity contribution in [2.24, 2.45) is 5.92 Å². The summed E-state index contributed by atoms with van der Waals surface area (Å²) in [5.41, 5.74) is 2.31. The van der Waals surface area contributed by atoms with Crippen LogP contribution in [0.1, 0.15) is 33.1 Å². The number of piperidine rings is 1. The molecule has 4 heteroatoms. The summed E-state index contributed by atoms with van der Waals surface area (Å²) in [5, 5.41) is 12.0. The Balaban J connectivity index is 1.61. The third-order valence-corrected chi connectivity index (χ3v) is 4.58. The first-order valence-corrected chi connectivity index (χ1v) is 8.16. The highest BCUT2D eigenvalue weighted by molar-refractivity contribution is 5.81. The molecule has 2 heterocycles. The molecule has 2 N–H and O–H groups in total. The second-order valence-electron chi connectivity index (χ2n) is 6.43. The van der Waals surface area contributed by atoms with Crippen LogP contribution in [0.2, 0.25) is 0 Å². The number of aromatic nitrogens is 2. The van der Waals surface area contributed by atoms with Crippen LogP contribution in [0.15, 0.2) is 24.4 Å². The number of benzene rings is 1. The molecule has 1 fully saturated rings. The van der Waals surface area contributed by atoms with Gasteiger partial charge in [-0.2, -0.15) is 5.10 Å². The summed E-state index contributed by atoms with van der Waals surface area (Å²) < 4.78 is 0. The second kappa shape index (κ2) is 6.48. The minimum atomic E-state index is 0.562. The fourth-order valence-corrected chi connectivity index (χ4v) is 3.18. The molecule has 1 aliphatic rings. The van der Waals surface area contributed by atoms with E-state index in [0.717, 1.165) is 18.0 Å². The van der Waals surface area contributed by atoms with Crippen LogP contribution < -0.4 is 5.32 Å². The van der Waals surface area contributed by atoms with Crippen molar-refractivity contribution in [3.63, 3.8) is 0 Å². The molecule has 1 aliphatic heterocycles. The predicted octanol–water partition coefficient (Wildman–Crippen LogP) is 3.49. The van der Waals surface area contributed by atoms with E-state index in [4.69, 9.17) is 0 Å². The van der Waals surface area contributed by atoms with Gasteiger partial charge in [0.15, 0.2) is 0 Å². The van der Waals surface area contributed by atoms with Crippen molar-refractivity contribution >= 4 is 16.6 Å². The van der Waals surface area contributed by atoms with Crippen LogP contribution >= 0.6 is 0 Å². The fraction of sp³-hybridized carbons (Fsp3) is 0.588. The molecule has 1 unspecified atom stereocenters. The zero-order valence-electron chi connectivity index (χ0n) is 13.1. The van der Waals surface area contributed by atoms with E-state index >= 15 is 0 Å². The molecule has 2 atom stereocenters. The average molecular weight is 286 g/mol. The highest BCUT2D eigenvalue weighted by atomic mass is 15.2. The van der Waals surface area contributed by atoms with Gasteiger partial charge in [0.05, 0.1) is 11.7 Å². The Morgan fingerprint density at radius 2 is 2.38 bits per heavy atom. The molecule has 21 heavy (non-hydrogen) atoms. The van der Waals surface area contributed by atoms with Gasteiger partial charge >= 0.3 is 0 Å². The molecule has 4 nitrogen and oxygen atoms in total. The lowest BCUT2D eigenvalue weighted by Crippen LogP contribution is -2.43. The summed E-state index contributed by atoms with van der Waals surface area (Å²) in [6.07, 6.45) is 5.71. The molecule has 0 bridgehead atoms. The Hall–Kier alpha value is -1.55. The minimum absolute atomic E-state index is 0.562. The van der Waals surface area contributed by atoms with Crippen LogP contribution in [0, 0.1) is 5.92 Å². The number of nitrogens with zero attached hydrogens (tertiary/aromatic N) is 2. The summed E-state index contributed by atoms with van der Waals surface area (Å²) in [6, 6.07) is 7.00. The van der Waals surface area contributed by atoms with Crippen LogP contribution in [0.4, 0.5) is 5.69 Å². The molecular formula is C17H26N4. The van der Waals surface area contributed by atoms with E-state index in [2.05, 4.69) is 52.5 Å². The van der Waals surface area contributed by atoms with E-state index in [1.54, 1.807) is 0 Å². The number of H-pyrrole nitrogens is 1. The van der Waals surface area contributed by atoms with Gasteiger partial charge in [0, 0.05) is 30.2 Å². The standard InChI is InChI=1S/C17H26N4/c1-3-13(2)11-21-8-4-5-16(12-21)19-15-6-7-17-14(9-15)10-18-20-17/h6-7,9-10,13,16,19H,3-5,8,11-12H2,1-2H3,(H,18,20)/t13-,16?/m0/s1. The summed E-state index contributed by atoms with van der Waals surface area (Å²) in [6.45, 7) is 8.28. The number of fused-ring (bicyclic) bond motifs is 1. The normalized spacial score (nSPS) is 21.5. The van der Waals surface area contributed by atoms with Crippen LogP contribution in [-0.2, 0) is 0 Å². The van der Waals surface area contributed by atoms with Crippen molar-refractivity contribution in [2.45, 2.75) is 39.2 Å². The first-order valence-electron chi connectivity index (χ1n) is 8.16. The third-order valence-electron chi connectivity index (χ3n) is 4.58. The van der Waals surface area contributed by atoms with Gasteiger partial charge < -0.3 is 10.2 Å². The predicted molar refractivity (Wildman–Crippen MR) is 88.6 cm³/mol. The number of aromatic amines is 1. The van der Waals surface area contributed by atoms with Crippen LogP contribution in [0.25, 0.3) is 10.9 Å². The van der Waals surface area contributed by atoms with Crippen LogP contribution in [-0.4, -0.2) is 40.8 Å². The van der Waals surface area contributed by atoms with Crippen LogP contribution in [0.5, 0.6) is 0 Å². The lowest BCUT2D eigenvalue weighted by molar-refractivity contribution is 0.189. The van der Waals surface area contributed by atoms with Gasteiger partial charge in [0.25, 0.3) is 0 Å². The quantitative estimate of drug-likeness (QED) is 0.884. The lowest BCUT2D eigenvalue weighted by atomic mass is 10.0. The van der Waals surface area contributed by atoms with Gasteiger partial charge in [0.2, 0.25) is 0 Å². The fourth-order valence-electron chi connectivity index (χ4n) is 3.18. The molecule has 2 aromatic rings. The van der Waals surface area contributed by atoms with Crippen molar-refractivity contribution in [1.82, 2.24) is 15.1 Å². The minimum Gasteiger partial charge on any atom is -0.381 e. The van der Waals surface area contributed by atoms with E-state index in [0.29, 0.717) is 6.04 Å². The Kier molecular flexibility index (Phi) is 4.44. The number of likely N-dealkylation sites (tertiary alicyclic amines) is 1. The highest BCUT2D eigenvalue weighted by Crippen LogP contribution is 2.21. The van der Waals surface area contributed by atoms with Crippen molar-refractivity contribution in [1.29, 1.82) is 0 Å². The maximum Gasteiger partial charge on any atom is 0.0651 e. The van der Waals surface area contributed by atoms with E-state index in [1.807, 2.05) is 6.20 Å². The molecule has 1 saturated heterocycles. The van der Waals surface area contributed by atoms with Gasteiger partial charge in [0.1, 0.15) is 0 Å². The lowest BCUT2D eigenvalue weighted by Gasteiger charge is -2.35. The summed E-state index contributed by atoms with van der Waals surface area (Å²) in [7, 11) is 0. The zero-order chi connectivity index (χ0) is 14.7. The maximum atomic E-state index is 4.08. The molecule has 0 saturated carbocycles. The summed E-state index contributed by atoms with van der Waals surface area (Å²) >= 11 is 0. The number of anilines is 1. The average Bonchev–Trinajstić information content (AvgIpc) is 2.95. The van der Waals surface area contributed by atoms with Crippen molar-refractivity contribution in [3.8, 4) is 0 Å². The van der Waals surface area contributed by atoms with E-state index in [-0.39, 0.29) is 0 Å². The monoisotopic (exact) mass is 286 g/mol. The first kappa shape index (κ1) is 14.4. The number of hydrogen-bond donors (Lipinski definition) is 2. The molecular weight excluding hydrogens is 260 g/mol. The SMILES string of the molecule is CC[C@H](C)CN1CCCC(Nc2ccc3[nH]ncc3c2)C1. The number of rotatable bonds is 5. The molecule has 0 radical (unpaired) electrons. The Bertz CT molecular complexity index is 577. The molecule has 3 rings (SSSR count). The Labute approximate surface area is 126 Å². The highest BCUT2D eigenvalue weighted by Gasteiger charge is 2.20. The van der Waals surface area contributed by atoms with Crippen molar-refractivity contribution in [2.75, 3.05) is 25.0 Å². The molecule has 1 aromatic heterocycles. The topological polar surface area (TPSA) is 44.0 Å². The molecule has 0 amide bonds. The summed E-state index contributed by atoms with van der Waals surface area (Å²) in [5.74, 6) is 0.797. The maximum absolute atomic E-state index is 4.08. The van der Waals surface area contributed by atoms with Gasteiger partial charge in [-0.3, -0.25) is 5.10 Å². The van der Waals surface area contributed by atoms with Gasteiger partial charge in [-0.1, -0.05) is 20.3 Å². The Morgan fingerprint density at radius 3 is 3.24 bits per heavy atom. The third kappa shape index (κ3) is 3.56. The van der Waals surface area contributed by atoms with Gasteiger partial charge in [-0.25, -0.2) is 0 Å². The molecule has 0 spiro atoms. The van der Waals surface area contributed by atoms with Crippen molar-refractivity contribution in [3.05, 3.63) is 24.4 Å². The Morgan fingerprint density at radius 1 is 1.48 bits per heavy atom. The van der Waals surface area contributed by atoms with E-state index < -0.39 is 0 Å². The molecule has 0 aliphatic carbocycles. The molecule has 1 aromatic carbocycles. The largest absolute Gasteiger partial charge is 0.381 e. The molecule has 114 valence electrons. The number of hydrogen-bond acceptors (Lipinski definition) is 3. The smallest absolute Gasteiger partial charge is 0.0651 e. The summed E-state index contributed by atoms with van der Waals surface area (Å²) in [4.78, 5) is 2.62. The second-order valence-corrected chi connectivity index (χ2v) is 6.43. The van der Waals surface area contributed by atoms with Gasteiger partial charge in [-0.15, -0.1) is 0 Å². The number of nitrogens with one attached hydrogen (secondary N) is 2. The van der Waals surface area contributed by atoms with Crippen LogP contribution in [0.3, 0.4) is 0 Å².